The van der Waals surface area contributed by atoms with E-state index in [1.807, 2.05) is 13.0 Å². The van der Waals surface area contributed by atoms with Gasteiger partial charge < -0.3 is 15.0 Å². The van der Waals surface area contributed by atoms with Crippen LogP contribution in [0.4, 0.5) is 5.69 Å². The summed E-state index contributed by atoms with van der Waals surface area (Å²) in [6, 6.07) is 14.7. The molecule has 2 aromatic carbocycles. The number of hydrogen-bond acceptors (Lipinski definition) is 3. The number of carbonyl (C=O) groups is 1. The van der Waals surface area contributed by atoms with E-state index < -0.39 is 0 Å². The highest BCUT2D eigenvalue weighted by molar-refractivity contribution is 5.77. The first kappa shape index (κ1) is 21.2. The Morgan fingerprint density at radius 3 is 2.66 bits per heavy atom. The Morgan fingerprint density at radius 1 is 1.21 bits per heavy atom. The van der Waals surface area contributed by atoms with Gasteiger partial charge in [0, 0.05) is 25.3 Å². The van der Waals surface area contributed by atoms with Gasteiger partial charge in [0.2, 0.25) is 0 Å². The van der Waals surface area contributed by atoms with E-state index in [-0.39, 0.29) is 12.5 Å². The van der Waals surface area contributed by atoms with Gasteiger partial charge in [-0.1, -0.05) is 45.0 Å². The van der Waals surface area contributed by atoms with E-state index in [0.717, 1.165) is 41.4 Å². The van der Waals surface area contributed by atoms with Crippen molar-refractivity contribution in [2.75, 3.05) is 24.6 Å². The summed E-state index contributed by atoms with van der Waals surface area (Å²) in [5.41, 5.74) is 4.64. The molecule has 0 spiro atoms. The van der Waals surface area contributed by atoms with Gasteiger partial charge in [0.15, 0.2) is 6.61 Å². The smallest absolute Gasteiger partial charge is 0.258 e. The van der Waals surface area contributed by atoms with Gasteiger partial charge in [-0.3, -0.25) is 4.79 Å². The lowest BCUT2D eigenvalue weighted by Gasteiger charge is -2.32. The molecule has 0 saturated carbocycles. The van der Waals surface area contributed by atoms with Crippen molar-refractivity contribution in [1.29, 1.82) is 0 Å². The summed E-state index contributed by atoms with van der Waals surface area (Å²) >= 11 is 0. The first-order valence-corrected chi connectivity index (χ1v) is 10.8. The molecule has 156 valence electrons. The Bertz CT molecular complexity index is 814. The van der Waals surface area contributed by atoms with Crippen molar-refractivity contribution in [3.8, 4) is 5.75 Å². The summed E-state index contributed by atoms with van der Waals surface area (Å²) < 4.78 is 5.82. The fraction of sp³-hybridized carbons (Fsp3) is 0.480. The van der Waals surface area contributed by atoms with Crippen LogP contribution in [0.15, 0.2) is 42.5 Å². The quantitative estimate of drug-likeness (QED) is 0.714. The van der Waals surface area contributed by atoms with Gasteiger partial charge in [0.1, 0.15) is 5.75 Å². The molecule has 0 aliphatic carbocycles. The van der Waals surface area contributed by atoms with Crippen LogP contribution in [0.2, 0.25) is 0 Å². The molecule has 1 amide bonds. The van der Waals surface area contributed by atoms with Gasteiger partial charge in [-0.25, -0.2) is 0 Å². The van der Waals surface area contributed by atoms with Gasteiger partial charge in [0.25, 0.3) is 5.91 Å². The molecule has 4 heteroatoms. The monoisotopic (exact) mass is 394 g/mol. The summed E-state index contributed by atoms with van der Waals surface area (Å²) in [5, 5.41) is 2.96. The molecule has 2 aromatic rings. The number of amides is 1. The number of carbonyl (C=O) groups excluding carboxylic acids is 1. The Hall–Kier alpha value is -2.49. The zero-order valence-corrected chi connectivity index (χ0v) is 18.2. The molecule has 0 aromatic heterocycles. The number of aryl methyl sites for hydroxylation is 1. The molecule has 1 N–H and O–H groups in total. The standard InChI is InChI=1S/C25H34N2O2/c1-18(2)23-12-7-19(3)14-24(23)29-17-25(28)26-15-21-8-10-22(11-9-21)27-13-5-6-20(4)16-27/h7-12,14,18,20H,5-6,13,15-17H2,1-4H3,(H,26,28)/t20-/m0/s1. The highest BCUT2D eigenvalue weighted by atomic mass is 16.5. The third-order valence-corrected chi connectivity index (χ3v) is 5.60. The minimum absolute atomic E-state index is 0.0346. The number of ether oxygens (including phenoxy) is 1. The predicted molar refractivity (Wildman–Crippen MR) is 120 cm³/mol. The van der Waals surface area contributed by atoms with Gasteiger partial charge >= 0.3 is 0 Å². The second-order valence-electron chi connectivity index (χ2n) is 8.62. The zero-order valence-electron chi connectivity index (χ0n) is 18.2. The molecule has 1 aliphatic rings. The fourth-order valence-electron chi connectivity index (χ4n) is 3.89. The second-order valence-corrected chi connectivity index (χ2v) is 8.62. The Balaban J connectivity index is 1.49. The summed E-state index contributed by atoms with van der Waals surface area (Å²) in [4.78, 5) is 14.7. The maximum Gasteiger partial charge on any atom is 0.258 e. The minimum atomic E-state index is -0.102. The number of anilines is 1. The molecule has 0 bridgehead atoms. The van der Waals surface area contributed by atoms with Crippen LogP contribution in [0.1, 0.15) is 56.2 Å². The SMILES string of the molecule is Cc1ccc(C(C)C)c(OCC(=O)NCc2ccc(N3CCC[C@H](C)C3)cc2)c1. The number of nitrogens with zero attached hydrogens (tertiary/aromatic N) is 1. The van der Waals surface area contributed by atoms with Crippen molar-refractivity contribution in [2.45, 2.75) is 53.0 Å². The van der Waals surface area contributed by atoms with E-state index in [0.29, 0.717) is 12.5 Å². The van der Waals surface area contributed by atoms with Crippen LogP contribution < -0.4 is 15.0 Å². The Labute approximate surface area is 175 Å². The normalized spacial score (nSPS) is 16.7. The van der Waals surface area contributed by atoms with Crippen LogP contribution in [-0.2, 0) is 11.3 Å². The number of rotatable bonds is 7. The summed E-state index contributed by atoms with van der Waals surface area (Å²) in [5.74, 6) is 1.81. The molecular formula is C25H34N2O2. The topological polar surface area (TPSA) is 41.6 Å². The molecule has 4 nitrogen and oxygen atoms in total. The number of piperidine rings is 1. The van der Waals surface area contributed by atoms with Crippen molar-refractivity contribution >= 4 is 11.6 Å². The number of nitrogens with one attached hydrogen (secondary N) is 1. The van der Waals surface area contributed by atoms with Crippen molar-refractivity contribution in [2.24, 2.45) is 5.92 Å². The van der Waals surface area contributed by atoms with Crippen molar-refractivity contribution in [1.82, 2.24) is 5.32 Å². The fourth-order valence-corrected chi connectivity index (χ4v) is 3.89. The van der Waals surface area contributed by atoms with Crippen molar-refractivity contribution in [3.05, 3.63) is 59.2 Å². The highest BCUT2D eigenvalue weighted by Crippen LogP contribution is 2.27. The van der Waals surface area contributed by atoms with Crippen LogP contribution in [0.5, 0.6) is 5.75 Å². The molecule has 29 heavy (non-hydrogen) atoms. The lowest BCUT2D eigenvalue weighted by atomic mass is 9.99. The Kier molecular flexibility index (Phi) is 7.18. The average Bonchev–Trinajstić information content (AvgIpc) is 2.71. The van der Waals surface area contributed by atoms with Crippen LogP contribution in [0.3, 0.4) is 0 Å². The maximum absolute atomic E-state index is 12.3. The first-order valence-electron chi connectivity index (χ1n) is 10.8. The molecule has 1 heterocycles. The van der Waals surface area contributed by atoms with E-state index in [1.165, 1.54) is 18.5 Å². The third kappa shape index (κ3) is 5.99. The largest absolute Gasteiger partial charge is 0.483 e. The van der Waals surface area contributed by atoms with Crippen LogP contribution in [0.25, 0.3) is 0 Å². The molecule has 1 fully saturated rings. The third-order valence-electron chi connectivity index (χ3n) is 5.60. The van der Waals surface area contributed by atoms with E-state index in [4.69, 9.17) is 4.74 Å². The van der Waals surface area contributed by atoms with Gasteiger partial charge in [-0.15, -0.1) is 0 Å². The number of benzene rings is 2. The molecule has 0 radical (unpaired) electrons. The first-order chi connectivity index (χ1) is 13.9. The molecule has 0 unspecified atom stereocenters. The van der Waals surface area contributed by atoms with Gasteiger partial charge in [-0.2, -0.15) is 0 Å². The average molecular weight is 395 g/mol. The van der Waals surface area contributed by atoms with Crippen LogP contribution >= 0.6 is 0 Å². The van der Waals surface area contributed by atoms with E-state index in [2.05, 4.69) is 67.4 Å². The van der Waals surface area contributed by atoms with E-state index in [1.54, 1.807) is 0 Å². The molecule has 1 aliphatic heterocycles. The molecular weight excluding hydrogens is 360 g/mol. The zero-order chi connectivity index (χ0) is 20.8. The Morgan fingerprint density at radius 2 is 1.97 bits per heavy atom. The lowest BCUT2D eigenvalue weighted by molar-refractivity contribution is -0.123. The molecule has 1 atom stereocenters. The highest BCUT2D eigenvalue weighted by Gasteiger charge is 2.16. The summed E-state index contributed by atoms with van der Waals surface area (Å²) in [6.07, 6.45) is 2.59. The van der Waals surface area contributed by atoms with Crippen LogP contribution in [0, 0.1) is 12.8 Å². The van der Waals surface area contributed by atoms with Gasteiger partial charge in [0.05, 0.1) is 0 Å². The number of hydrogen-bond donors (Lipinski definition) is 1. The summed E-state index contributed by atoms with van der Waals surface area (Å²) in [7, 11) is 0. The predicted octanol–water partition coefficient (Wildman–Crippen LogP) is 5.05. The maximum atomic E-state index is 12.3. The van der Waals surface area contributed by atoms with Crippen molar-refractivity contribution in [3.63, 3.8) is 0 Å². The van der Waals surface area contributed by atoms with Gasteiger partial charge in [-0.05, 0) is 66.5 Å². The molecule has 1 saturated heterocycles. The minimum Gasteiger partial charge on any atom is -0.483 e. The molecule has 3 rings (SSSR count). The second kappa shape index (κ2) is 9.82. The lowest BCUT2D eigenvalue weighted by Crippen LogP contribution is -2.34. The van der Waals surface area contributed by atoms with E-state index in [9.17, 15) is 4.79 Å². The van der Waals surface area contributed by atoms with Crippen molar-refractivity contribution < 1.29 is 9.53 Å². The van der Waals surface area contributed by atoms with E-state index >= 15 is 0 Å². The summed E-state index contributed by atoms with van der Waals surface area (Å²) in [6.45, 7) is 11.4. The van der Waals surface area contributed by atoms with Crippen LogP contribution in [-0.4, -0.2) is 25.6 Å².